The van der Waals surface area contributed by atoms with Crippen LogP contribution in [0.15, 0.2) is 42.5 Å². The van der Waals surface area contributed by atoms with Crippen LogP contribution in [0.1, 0.15) is 24.1 Å². The maximum absolute atomic E-state index is 5.44. The van der Waals surface area contributed by atoms with E-state index in [9.17, 15) is 0 Å². The van der Waals surface area contributed by atoms with E-state index in [0.29, 0.717) is 0 Å². The second kappa shape index (κ2) is 6.33. The Morgan fingerprint density at radius 1 is 0.950 bits per heavy atom. The number of nitrogens with one attached hydrogen (secondary N) is 1. The first-order chi connectivity index (χ1) is 9.65. The highest BCUT2D eigenvalue weighted by atomic mass is 16.5. The molecule has 0 radical (unpaired) electrons. The Bertz CT molecular complexity index is 581. The smallest absolute Gasteiger partial charge is 0.141 e. The summed E-state index contributed by atoms with van der Waals surface area (Å²) < 4.78 is 10.8. The lowest BCUT2D eigenvalue weighted by Gasteiger charge is -2.20. The molecule has 2 rings (SSSR count). The molecule has 0 amide bonds. The van der Waals surface area contributed by atoms with Gasteiger partial charge >= 0.3 is 0 Å². The van der Waals surface area contributed by atoms with Crippen molar-refractivity contribution in [1.82, 2.24) is 0 Å². The third kappa shape index (κ3) is 3.05. The number of methoxy groups -OCH3 is 2. The number of aryl methyl sites for hydroxylation is 1. The third-order valence-electron chi connectivity index (χ3n) is 3.33. The molecule has 1 N–H and O–H groups in total. The van der Waals surface area contributed by atoms with Gasteiger partial charge in [0.1, 0.15) is 11.5 Å². The van der Waals surface area contributed by atoms with E-state index < -0.39 is 0 Å². The summed E-state index contributed by atoms with van der Waals surface area (Å²) in [6, 6.07) is 14.2. The SMILES string of the molecule is COc1ccccc1NC(C)c1cc(C)ccc1OC. The summed E-state index contributed by atoms with van der Waals surface area (Å²) in [4.78, 5) is 0. The van der Waals surface area contributed by atoms with Crippen LogP contribution in [0.4, 0.5) is 5.69 Å². The first-order valence-electron chi connectivity index (χ1n) is 6.69. The minimum Gasteiger partial charge on any atom is -0.496 e. The van der Waals surface area contributed by atoms with E-state index in [-0.39, 0.29) is 6.04 Å². The fourth-order valence-corrected chi connectivity index (χ4v) is 2.27. The highest BCUT2D eigenvalue weighted by molar-refractivity contribution is 5.58. The largest absolute Gasteiger partial charge is 0.496 e. The van der Waals surface area contributed by atoms with Crippen LogP contribution >= 0.6 is 0 Å². The zero-order chi connectivity index (χ0) is 14.5. The van der Waals surface area contributed by atoms with Crippen molar-refractivity contribution in [2.24, 2.45) is 0 Å². The summed E-state index contributed by atoms with van der Waals surface area (Å²) in [5, 5.41) is 3.47. The third-order valence-corrected chi connectivity index (χ3v) is 3.33. The first-order valence-corrected chi connectivity index (χ1v) is 6.69. The fraction of sp³-hybridized carbons (Fsp3) is 0.294. The Morgan fingerprint density at radius 2 is 1.65 bits per heavy atom. The molecule has 0 saturated heterocycles. The van der Waals surface area contributed by atoms with E-state index in [2.05, 4.69) is 31.3 Å². The van der Waals surface area contributed by atoms with Crippen molar-refractivity contribution in [2.75, 3.05) is 19.5 Å². The molecule has 3 heteroatoms. The standard InChI is InChI=1S/C17H21NO2/c1-12-9-10-16(19-3)14(11-12)13(2)18-15-7-5-6-8-17(15)20-4/h5-11,13,18H,1-4H3. The van der Waals surface area contributed by atoms with Crippen LogP contribution in [-0.4, -0.2) is 14.2 Å². The molecular weight excluding hydrogens is 250 g/mol. The molecule has 0 aromatic heterocycles. The van der Waals surface area contributed by atoms with Crippen molar-refractivity contribution in [3.05, 3.63) is 53.6 Å². The van der Waals surface area contributed by atoms with Crippen LogP contribution in [0.3, 0.4) is 0 Å². The summed E-state index contributed by atoms with van der Waals surface area (Å²) in [6.45, 7) is 4.20. The second-order valence-electron chi connectivity index (χ2n) is 4.81. The van der Waals surface area contributed by atoms with Gasteiger partial charge in [0.2, 0.25) is 0 Å². The molecule has 0 bridgehead atoms. The quantitative estimate of drug-likeness (QED) is 0.884. The number of hydrogen-bond acceptors (Lipinski definition) is 3. The Morgan fingerprint density at radius 3 is 2.35 bits per heavy atom. The van der Waals surface area contributed by atoms with Gasteiger partial charge in [0.15, 0.2) is 0 Å². The van der Waals surface area contributed by atoms with Gasteiger partial charge in [-0.2, -0.15) is 0 Å². The van der Waals surface area contributed by atoms with Crippen LogP contribution in [0.2, 0.25) is 0 Å². The predicted molar refractivity (Wildman–Crippen MR) is 82.8 cm³/mol. The summed E-state index contributed by atoms with van der Waals surface area (Å²) in [6.07, 6.45) is 0. The minimum atomic E-state index is 0.126. The Hall–Kier alpha value is -2.16. The molecule has 2 aromatic carbocycles. The molecule has 0 aliphatic heterocycles. The van der Waals surface area contributed by atoms with Gasteiger partial charge in [-0.05, 0) is 32.0 Å². The summed E-state index contributed by atoms with van der Waals surface area (Å²) in [5.74, 6) is 1.73. The van der Waals surface area contributed by atoms with Crippen molar-refractivity contribution in [2.45, 2.75) is 19.9 Å². The van der Waals surface area contributed by atoms with E-state index in [1.165, 1.54) is 5.56 Å². The lowest BCUT2D eigenvalue weighted by molar-refractivity contribution is 0.407. The lowest BCUT2D eigenvalue weighted by Crippen LogP contribution is -2.09. The van der Waals surface area contributed by atoms with Gasteiger partial charge in [-0.15, -0.1) is 0 Å². The molecular formula is C17H21NO2. The van der Waals surface area contributed by atoms with E-state index in [1.807, 2.05) is 30.3 Å². The van der Waals surface area contributed by atoms with E-state index in [1.54, 1.807) is 14.2 Å². The van der Waals surface area contributed by atoms with Gasteiger partial charge in [0.05, 0.1) is 25.9 Å². The van der Waals surface area contributed by atoms with Crippen molar-refractivity contribution in [3.63, 3.8) is 0 Å². The Balaban J connectivity index is 2.28. The molecule has 0 spiro atoms. The Labute approximate surface area is 120 Å². The maximum atomic E-state index is 5.44. The van der Waals surface area contributed by atoms with E-state index in [4.69, 9.17) is 9.47 Å². The zero-order valence-corrected chi connectivity index (χ0v) is 12.4. The minimum absolute atomic E-state index is 0.126. The average Bonchev–Trinajstić information content (AvgIpc) is 2.47. The van der Waals surface area contributed by atoms with Gasteiger partial charge in [-0.25, -0.2) is 0 Å². The summed E-state index contributed by atoms with van der Waals surface area (Å²) in [7, 11) is 3.38. The van der Waals surface area contributed by atoms with Crippen molar-refractivity contribution >= 4 is 5.69 Å². The molecule has 0 fully saturated rings. The number of rotatable bonds is 5. The van der Waals surface area contributed by atoms with Crippen molar-refractivity contribution < 1.29 is 9.47 Å². The topological polar surface area (TPSA) is 30.5 Å². The molecule has 0 heterocycles. The van der Waals surface area contributed by atoms with Crippen LogP contribution in [0.25, 0.3) is 0 Å². The predicted octanol–water partition coefficient (Wildman–Crippen LogP) is 4.19. The molecule has 0 aliphatic carbocycles. The van der Waals surface area contributed by atoms with Crippen LogP contribution in [-0.2, 0) is 0 Å². The van der Waals surface area contributed by atoms with Gasteiger partial charge < -0.3 is 14.8 Å². The van der Waals surface area contributed by atoms with E-state index >= 15 is 0 Å². The zero-order valence-electron chi connectivity index (χ0n) is 12.4. The highest BCUT2D eigenvalue weighted by Crippen LogP contribution is 2.31. The molecule has 20 heavy (non-hydrogen) atoms. The molecule has 1 atom stereocenters. The first kappa shape index (κ1) is 14.3. The molecule has 3 nitrogen and oxygen atoms in total. The van der Waals surface area contributed by atoms with Gasteiger partial charge in [-0.1, -0.05) is 29.8 Å². The molecule has 2 aromatic rings. The molecule has 1 unspecified atom stereocenters. The average molecular weight is 271 g/mol. The normalized spacial score (nSPS) is 11.8. The molecule has 0 saturated carbocycles. The molecule has 0 aliphatic rings. The van der Waals surface area contributed by atoms with Crippen LogP contribution in [0, 0.1) is 6.92 Å². The maximum Gasteiger partial charge on any atom is 0.141 e. The molecule has 106 valence electrons. The van der Waals surface area contributed by atoms with Crippen molar-refractivity contribution in [1.29, 1.82) is 0 Å². The summed E-state index contributed by atoms with van der Waals surface area (Å²) >= 11 is 0. The number of ether oxygens (including phenoxy) is 2. The van der Waals surface area contributed by atoms with E-state index in [0.717, 1.165) is 22.7 Å². The second-order valence-corrected chi connectivity index (χ2v) is 4.81. The number of anilines is 1. The van der Waals surface area contributed by atoms with Gasteiger partial charge in [-0.3, -0.25) is 0 Å². The van der Waals surface area contributed by atoms with Gasteiger partial charge in [0, 0.05) is 5.56 Å². The van der Waals surface area contributed by atoms with Gasteiger partial charge in [0.25, 0.3) is 0 Å². The van der Waals surface area contributed by atoms with Crippen LogP contribution < -0.4 is 14.8 Å². The summed E-state index contributed by atoms with van der Waals surface area (Å²) in [5.41, 5.74) is 3.33. The number of para-hydroxylation sites is 2. The number of hydrogen-bond donors (Lipinski definition) is 1. The lowest BCUT2D eigenvalue weighted by atomic mass is 10.0. The van der Waals surface area contributed by atoms with Crippen LogP contribution in [0.5, 0.6) is 11.5 Å². The Kier molecular flexibility index (Phi) is 4.51. The number of benzene rings is 2. The van der Waals surface area contributed by atoms with Crippen molar-refractivity contribution in [3.8, 4) is 11.5 Å². The highest BCUT2D eigenvalue weighted by Gasteiger charge is 2.13. The fourth-order valence-electron chi connectivity index (χ4n) is 2.27. The monoisotopic (exact) mass is 271 g/mol.